The Kier molecular flexibility index (Phi) is 8.95. The average molecular weight is 434 g/mol. The van der Waals surface area contributed by atoms with Crippen molar-refractivity contribution in [3.63, 3.8) is 0 Å². The Morgan fingerprint density at radius 3 is 2.31 bits per heavy atom. The lowest BCUT2D eigenvalue weighted by atomic mass is 10.0. The molecule has 0 unspecified atom stereocenters. The molecule has 0 radical (unpaired) electrons. The van der Waals surface area contributed by atoms with E-state index in [2.05, 4.69) is 40.2 Å². The van der Waals surface area contributed by atoms with Crippen LogP contribution in [0, 0.1) is 0 Å². The predicted octanol–water partition coefficient (Wildman–Crippen LogP) is 4.91. The number of likely N-dealkylation sites (N-methyl/N-ethyl adjacent to an activating group) is 1. The maximum absolute atomic E-state index is 12.4. The van der Waals surface area contributed by atoms with Crippen LogP contribution in [-0.4, -0.2) is 49.4 Å². The topological polar surface area (TPSA) is 29.5 Å². The van der Waals surface area contributed by atoms with Crippen molar-refractivity contribution in [2.24, 2.45) is 0 Å². The molecule has 0 aliphatic heterocycles. The summed E-state index contributed by atoms with van der Waals surface area (Å²) in [6, 6.07) is 14.7. The SMILES string of the molecule is CSCCN(C)C/C=C/COc1ccc(C(=O)c2ccc(Br)cc2)cc1. The molecule has 2 aromatic carbocycles. The van der Waals surface area contributed by atoms with Crippen LogP contribution in [0.3, 0.4) is 0 Å². The van der Waals surface area contributed by atoms with Crippen LogP contribution in [0.4, 0.5) is 0 Å². The van der Waals surface area contributed by atoms with Crippen molar-refractivity contribution in [2.45, 2.75) is 0 Å². The Bertz CT molecular complexity index is 714. The molecule has 3 nitrogen and oxygen atoms in total. The zero-order valence-electron chi connectivity index (χ0n) is 15.2. The van der Waals surface area contributed by atoms with Crippen molar-refractivity contribution in [3.8, 4) is 5.75 Å². The number of halogens is 1. The van der Waals surface area contributed by atoms with E-state index in [1.807, 2.05) is 54.2 Å². The van der Waals surface area contributed by atoms with Gasteiger partial charge in [0.25, 0.3) is 0 Å². The Hall–Kier alpha value is -1.56. The van der Waals surface area contributed by atoms with Gasteiger partial charge in [0.2, 0.25) is 0 Å². The van der Waals surface area contributed by atoms with E-state index in [1.54, 1.807) is 12.1 Å². The van der Waals surface area contributed by atoms with Crippen LogP contribution in [-0.2, 0) is 0 Å². The maximum Gasteiger partial charge on any atom is 0.193 e. The standard InChI is InChI=1S/C21H24BrNO2S/c1-23(14-16-26-2)13-3-4-15-25-20-11-7-18(8-12-20)21(24)17-5-9-19(22)10-6-17/h3-12H,13-16H2,1-2H3/b4-3+. The highest BCUT2D eigenvalue weighted by Gasteiger charge is 2.08. The van der Waals surface area contributed by atoms with Gasteiger partial charge in [-0.3, -0.25) is 4.79 Å². The van der Waals surface area contributed by atoms with Crippen molar-refractivity contribution in [3.05, 3.63) is 76.3 Å². The molecule has 0 bridgehead atoms. The molecule has 0 aliphatic carbocycles. The van der Waals surface area contributed by atoms with Gasteiger partial charge >= 0.3 is 0 Å². The first-order valence-corrected chi connectivity index (χ1v) is 10.6. The Morgan fingerprint density at radius 1 is 1.08 bits per heavy atom. The number of ether oxygens (including phenoxy) is 1. The predicted molar refractivity (Wildman–Crippen MR) is 115 cm³/mol. The van der Waals surface area contributed by atoms with Gasteiger partial charge in [0.05, 0.1) is 0 Å². The number of rotatable bonds is 10. The smallest absolute Gasteiger partial charge is 0.193 e. The van der Waals surface area contributed by atoms with Gasteiger partial charge in [-0.25, -0.2) is 0 Å². The van der Waals surface area contributed by atoms with Crippen molar-refractivity contribution >= 4 is 33.5 Å². The second-order valence-electron chi connectivity index (χ2n) is 5.90. The first kappa shape index (κ1) is 20.7. The number of benzene rings is 2. The molecule has 0 heterocycles. The second-order valence-corrected chi connectivity index (χ2v) is 7.80. The van der Waals surface area contributed by atoms with Crippen LogP contribution in [0.15, 0.2) is 65.2 Å². The van der Waals surface area contributed by atoms with Crippen molar-refractivity contribution in [1.82, 2.24) is 4.90 Å². The van der Waals surface area contributed by atoms with E-state index in [4.69, 9.17) is 4.74 Å². The highest BCUT2D eigenvalue weighted by molar-refractivity contribution is 9.10. The van der Waals surface area contributed by atoms with E-state index in [-0.39, 0.29) is 5.78 Å². The second kappa shape index (κ2) is 11.2. The van der Waals surface area contributed by atoms with Crippen LogP contribution in [0.1, 0.15) is 15.9 Å². The van der Waals surface area contributed by atoms with Crippen LogP contribution >= 0.6 is 27.7 Å². The van der Waals surface area contributed by atoms with Gasteiger partial charge in [-0.15, -0.1) is 0 Å². The molecule has 0 saturated carbocycles. The summed E-state index contributed by atoms with van der Waals surface area (Å²) >= 11 is 5.23. The van der Waals surface area contributed by atoms with Gasteiger partial charge in [-0.1, -0.05) is 28.1 Å². The molecular weight excluding hydrogens is 410 g/mol. The molecule has 0 aliphatic rings. The van der Waals surface area contributed by atoms with Crippen LogP contribution < -0.4 is 4.74 Å². The van der Waals surface area contributed by atoms with Crippen LogP contribution in [0.5, 0.6) is 5.75 Å². The monoisotopic (exact) mass is 433 g/mol. The summed E-state index contributed by atoms with van der Waals surface area (Å²) < 4.78 is 6.66. The Morgan fingerprint density at radius 2 is 1.69 bits per heavy atom. The summed E-state index contributed by atoms with van der Waals surface area (Å²) in [6.07, 6.45) is 6.26. The van der Waals surface area contributed by atoms with E-state index in [0.29, 0.717) is 17.7 Å². The van der Waals surface area contributed by atoms with Gasteiger partial charge < -0.3 is 9.64 Å². The molecule has 0 atom stereocenters. The van der Waals surface area contributed by atoms with Crippen molar-refractivity contribution < 1.29 is 9.53 Å². The summed E-state index contributed by atoms with van der Waals surface area (Å²) in [5.41, 5.74) is 1.33. The lowest BCUT2D eigenvalue weighted by Crippen LogP contribution is -2.21. The number of hydrogen-bond donors (Lipinski definition) is 0. The zero-order chi connectivity index (χ0) is 18.8. The van der Waals surface area contributed by atoms with Gasteiger partial charge in [0.15, 0.2) is 5.78 Å². The van der Waals surface area contributed by atoms with Crippen LogP contribution in [0.25, 0.3) is 0 Å². The quantitative estimate of drug-likeness (QED) is 0.393. The minimum absolute atomic E-state index is 0.0113. The molecular formula is C21H24BrNO2S. The first-order chi connectivity index (χ1) is 12.6. The summed E-state index contributed by atoms with van der Waals surface area (Å²) in [4.78, 5) is 14.7. The molecule has 2 aromatic rings. The van der Waals surface area contributed by atoms with Crippen molar-refractivity contribution in [1.29, 1.82) is 0 Å². The molecule has 0 aromatic heterocycles. The molecule has 0 spiro atoms. The fourth-order valence-electron chi connectivity index (χ4n) is 2.28. The lowest BCUT2D eigenvalue weighted by Gasteiger charge is -2.12. The van der Waals surface area contributed by atoms with E-state index >= 15 is 0 Å². The molecule has 138 valence electrons. The largest absolute Gasteiger partial charge is 0.490 e. The maximum atomic E-state index is 12.4. The average Bonchev–Trinajstić information content (AvgIpc) is 2.66. The number of ketones is 1. The lowest BCUT2D eigenvalue weighted by molar-refractivity contribution is 0.103. The highest BCUT2D eigenvalue weighted by Crippen LogP contribution is 2.17. The number of hydrogen-bond acceptors (Lipinski definition) is 4. The minimum Gasteiger partial charge on any atom is -0.490 e. The van der Waals surface area contributed by atoms with Crippen molar-refractivity contribution in [2.75, 3.05) is 38.8 Å². The highest BCUT2D eigenvalue weighted by atomic mass is 79.9. The third kappa shape index (κ3) is 6.98. The fourth-order valence-corrected chi connectivity index (χ4v) is 3.03. The van der Waals surface area contributed by atoms with Crippen LogP contribution in [0.2, 0.25) is 0 Å². The zero-order valence-corrected chi connectivity index (χ0v) is 17.6. The summed E-state index contributed by atoms with van der Waals surface area (Å²) in [5.74, 6) is 1.92. The molecule has 5 heteroatoms. The van der Waals surface area contributed by atoms with Gasteiger partial charge in [0.1, 0.15) is 12.4 Å². The first-order valence-electron chi connectivity index (χ1n) is 8.46. The van der Waals surface area contributed by atoms with E-state index in [9.17, 15) is 4.79 Å². The molecule has 0 amide bonds. The minimum atomic E-state index is 0.0113. The van der Waals surface area contributed by atoms with Gasteiger partial charge in [0, 0.05) is 34.4 Å². The summed E-state index contributed by atoms with van der Waals surface area (Å²) in [7, 11) is 2.11. The number of carbonyl (C=O) groups excluding carboxylic acids is 1. The number of carbonyl (C=O) groups is 1. The normalized spacial score (nSPS) is 11.2. The fraction of sp³-hybridized carbons (Fsp3) is 0.286. The van der Waals surface area contributed by atoms with Gasteiger partial charge in [-0.2, -0.15) is 11.8 Å². The molecule has 26 heavy (non-hydrogen) atoms. The van der Waals surface area contributed by atoms with E-state index in [1.165, 1.54) is 0 Å². The molecule has 0 N–H and O–H groups in total. The molecule has 2 rings (SSSR count). The number of nitrogens with zero attached hydrogens (tertiary/aromatic N) is 1. The Balaban J connectivity index is 1.80. The third-order valence-electron chi connectivity index (χ3n) is 3.83. The third-order valence-corrected chi connectivity index (χ3v) is 4.95. The van der Waals surface area contributed by atoms with Gasteiger partial charge in [-0.05, 0) is 61.8 Å². The summed E-state index contributed by atoms with van der Waals surface area (Å²) in [5, 5.41) is 0. The van der Waals surface area contributed by atoms with E-state index in [0.717, 1.165) is 29.1 Å². The Labute approximate surface area is 168 Å². The van der Waals surface area contributed by atoms with E-state index < -0.39 is 0 Å². The molecule has 0 fully saturated rings. The molecule has 0 saturated heterocycles. The number of thioether (sulfide) groups is 1. The summed E-state index contributed by atoms with van der Waals surface area (Å²) in [6.45, 7) is 2.53.